The average molecular weight is 346 g/mol. The molecule has 2 rings (SSSR count). The lowest BCUT2D eigenvalue weighted by atomic mass is 10.1. The Morgan fingerprint density at radius 1 is 1.33 bits per heavy atom. The van der Waals surface area contributed by atoms with E-state index in [1.165, 1.54) is 6.07 Å². The van der Waals surface area contributed by atoms with Crippen molar-refractivity contribution in [1.82, 2.24) is 0 Å². The quantitative estimate of drug-likeness (QED) is 0.623. The van der Waals surface area contributed by atoms with Gasteiger partial charge in [0.1, 0.15) is 5.69 Å². The summed E-state index contributed by atoms with van der Waals surface area (Å²) < 4.78 is 0.778. The van der Waals surface area contributed by atoms with Gasteiger partial charge in [0, 0.05) is 24.1 Å². The molecule has 106 valence electrons. The van der Waals surface area contributed by atoms with Crippen LogP contribution in [-0.2, 0) is 6.54 Å². The highest BCUT2D eigenvalue weighted by Gasteiger charge is 2.17. The first kappa shape index (κ1) is 15.0. The van der Waals surface area contributed by atoms with Gasteiger partial charge in [0.2, 0.25) is 0 Å². The fraction of sp³-hybridized carbons (Fsp3) is 0.133. The predicted octanol–water partition coefficient (Wildman–Crippen LogP) is 3.87. The van der Waals surface area contributed by atoms with Crippen LogP contribution in [0.2, 0.25) is 0 Å². The summed E-state index contributed by atoms with van der Waals surface area (Å²) in [6.45, 7) is 0.479. The topological polar surface area (TPSA) is 70.2 Å². The lowest BCUT2D eigenvalue weighted by Gasteiger charge is -2.19. The highest BCUT2D eigenvalue weighted by atomic mass is 79.9. The van der Waals surface area contributed by atoms with Gasteiger partial charge in [-0.1, -0.05) is 28.1 Å². The number of hydrogen-bond acceptors (Lipinski definition) is 4. The van der Waals surface area contributed by atoms with Crippen LogP contribution in [0.4, 0.5) is 11.4 Å². The second-order valence-corrected chi connectivity index (χ2v) is 5.47. The number of nitriles is 1. The minimum absolute atomic E-state index is 0.0529. The number of nitro groups is 1. The van der Waals surface area contributed by atoms with Crippen molar-refractivity contribution < 1.29 is 4.92 Å². The van der Waals surface area contributed by atoms with Gasteiger partial charge in [-0.3, -0.25) is 10.1 Å². The molecule has 0 saturated heterocycles. The van der Waals surface area contributed by atoms with Crippen molar-refractivity contribution in [2.45, 2.75) is 6.54 Å². The fourth-order valence-electron chi connectivity index (χ4n) is 2.05. The first-order valence-corrected chi connectivity index (χ1v) is 6.94. The third-order valence-corrected chi connectivity index (χ3v) is 3.51. The number of hydrogen-bond donors (Lipinski definition) is 0. The third-order valence-electron chi connectivity index (χ3n) is 3.02. The van der Waals surface area contributed by atoms with E-state index >= 15 is 0 Å². The molecule has 0 radical (unpaired) electrons. The second kappa shape index (κ2) is 6.37. The smallest absolute Gasteiger partial charge is 0.292 e. The maximum Gasteiger partial charge on any atom is 0.292 e. The number of nitrogens with zero attached hydrogens (tertiary/aromatic N) is 3. The number of nitro benzene ring substituents is 1. The molecule has 0 aliphatic heterocycles. The van der Waals surface area contributed by atoms with Crippen molar-refractivity contribution in [3.63, 3.8) is 0 Å². The summed E-state index contributed by atoms with van der Waals surface area (Å²) in [5.41, 5.74) is 2.07. The molecular formula is C15H12BrN3O2. The summed E-state index contributed by atoms with van der Waals surface area (Å²) in [5.74, 6) is 0. The zero-order valence-corrected chi connectivity index (χ0v) is 12.9. The van der Waals surface area contributed by atoms with Crippen LogP contribution in [0.3, 0.4) is 0 Å². The molecule has 0 aliphatic carbocycles. The molecule has 0 N–H and O–H groups in total. The highest BCUT2D eigenvalue weighted by Crippen LogP contribution is 2.31. The van der Waals surface area contributed by atoms with Crippen LogP contribution >= 0.6 is 15.9 Å². The van der Waals surface area contributed by atoms with Crippen molar-refractivity contribution in [1.29, 1.82) is 5.26 Å². The Labute approximate surface area is 130 Å². The molecule has 0 unspecified atom stereocenters. The molecule has 0 aromatic heterocycles. The first-order chi connectivity index (χ1) is 10.0. The summed E-state index contributed by atoms with van der Waals surface area (Å²) in [7, 11) is 1.79. The minimum atomic E-state index is -0.399. The van der Waals surface area contributed by atoms with E-state index in [0.717, 1.165) is 10.0 Å². The zero-order chi connectivity index (χ0) is 15.4. The van der Waals surface area contributed by atoms with Crippen LogP contribution in [0.5, 0.6) is 0 Å². The van der Waals surface area contributed by atoms with Gasteiger partial charge in [0.25, 0.3) is 5.69 Å². The molecule has 6 heteroatoms. The van der Waals surface area contributed by atoms with E-state index in [9.17, 15) is 10.1 Å². The third kappa shape index (κ3) is 3.58. The largest absolute Gasteiger partial charge is 0.365 e. The van der Waals surface area contributed by atoms with Crippen molar-refractivity contribution in [3.8, 4) is 6.07 Å². The zero-order valence-electron chi connectivity index (χ0n) is 11.3. The lowest BCUT2D eigenvalue weighted by molar-refractivity contribution is -0.384. The van der Waals surface area contributed by atoms with Crippen LogP contribution in [0.25, 0.3) is 0 Å². The van der Waals surface area contributed by atoms with Gasteiger partial charge in [0.05, 0.1) is 16.6 Å². The van der Waals surface area contributed by atoms with Crippen molar-refractivity contribution in [2.75, 3.05) is 11.9 Å². The molecule has 21 heavy (non-hydrogen) atoms. The molecule has 0 atom stereocenters. The summed E-state index contributed by atoms with van der Waals surface area (Å²) >= 11 is 3.33. The number of halogens is 1. The van der Waals surface area contributed by atoms with E-state index in [-0.39, 0.29) is 5.69 Å². The molecule has 0 fully saturated rings. The molecule has 2 aromatic rings. The van der Waals surface area contributed by atoms with Crippen molar-refractivity contribution in [3.05, 3.63) is 68.2 Å². The molecule has 0 bridgehead atoms. The molecule has 0 heterocycles. The van der Waals surface area contributed by atoms with Gasteiger partial charge in [-0.2, -0.15) is 5.26 Å². The van der Waals surface area contributed by atoms with Gasteiger partial charge in [-0.05, 0) is 29.8 Å². The molecule has 0 saturated carbocycles. The lowest BCUT2D eigenvalue weighted by Crippen LogP contribution is -2.17. The fourth-order valence-corrected chi connectivity index (χ4v) is 2.40. The summed E-state index contributed by atoms with van der Waals surface area (Å²) in [4.78, 5) is 12.5. The first-order valence-electron chi connectivity index (χ1n) is 6.15. The van der Waals surface area contributed by atoms with Gasteiger partial charge in [-0.15, -0.1) is 0 Å². The molecule has 0 amide bonds. The van der Waals surface area contributed by atoms with Crippen LogP contribution in [0.15, 0.2) is 46.9 Å². The van der Waals surface area contributed by atoms with Gasteiger partial charge < -0.3 is 4.90 Å². The highest BCUT2D eigenvalue weighted by molar-refractivity contribution is 9.10. The van der Waals surface area contributed by atoms with Crippen LogP contribution in [0.1, 0.15) is 11.1 Å². The van der Waals surface area contributed by atoms with Gasteiger partial charge in [0.15, 0.2) is 0 Å². The molecular weight excluding hydrogens is 334 g/mol. The van der Waals surface area contributed by atoms with E-state index < -0.39 is 4.92 Å². The number of rotatable bonds is 4. The Morgan fingerprint density at radius 2 is 2.10 bits per heavy atom. The maximum atomic E-state index is 11.1. The van der Waals surface area contributed by atoms with Crippen LogP contribution in [-0.4, -0.2) is 12.0 Å². The van der Waals surface area contributed by atoms with Crippen LogP contribution < -0.4 is 4.90 Å². The Kier molecular flexibility index (Phi) is 4.55. The number of anilines is 1. The van der Waals surface area contributed by atoms with E-state index in [4.69, 9.17) is 5.26 Å². The molecule has 5 nitrogen and oxygen atoms in total. The Morgan fingerprint density at radius 3 is 2.76 bits per heavy atom. The second-order valence-electron chi connectivity index (χ2n) is 4.56. The van der Waals surface area contributed by atoms with Crippen LogP contribution in [0, 0.1) is 21.4 Å². The standard InChI is InChI=1S/C15H12BrN3O2/c1-18(10-12-4-2-3-11(7-12)9-17)15-8-13(16)5-6-14(15)19(20)21/h2-8H,10H2,1H3. The molecule has 0 aliphatic rings. The monoisotopic (exact) mass is 345 g/mol. The van der Waals surface area contributed by atoms with Crippen molar-refractivity contribution >= 4 is 27.3 Å². The predicted molar refractivity (Wildman–Crippen MR) is 84.1 cm³/mol. The van der Waals surface area contributed by atoms with E-state index in [1.807, 2.05) is 6.07 Å². The van der Waals surface area contributed by atoms with E-state index in [2.05, 4.69) is 22.0 Å². The van der Waals surface area contributed by atoms with Gasteiger partial charge >= 0.3 is 0 Å². The molecule has 2 aromatic carbocycles. The minimum Gasteiger partial charge on any atom is -0.365 e. The Hall–Kier alpha value is -2.39. The Bertz CT molecular complexity index is 725. The maximum absolute atomic E-state index is 11.1. The summed E-state index contributed by atoms with van der Waals surface area (Å²) in [6.07, 6.45) is 0. The average Bonchev–Trinajstić information content (AvgIpc) is 2.47. The molecule has 0 spiro atoms. The number of benzene rings is 2. The van der Waals surface area contributed by atoms with E-state index in [1.54, 1.807) is 42.3 Å². The van der Waals surface area contributed by atoms with Gasteiger partial charge in [-0.25, -0.2) is 0 Å². The normalized spacial score (nSPS) is 9.95. The SMILES string of the molecule is CN(Cc1cccc(C#N)c1)c1cc(Br)ccc1[N+](=O)[O-]. The van der Waals surface area contributed by atoms with Crippen molar-refractivity contribution in [2.24, 2.45) is 0 Å². The summed E-state index contributed by atoms with van der Waals surface area (Å²) in [6, 6.07) is 14.1. The van der Waals surface area contributed by atoms with E-state index in [0.29, 0.717) is 17.8 Å². The summed E-state index contributed by atoms with van der Waals surface area (Å²) in [5, 5.41) is 20.0. The Balaban J connectivity index is 2.32.